The Bertz CT molecular complexity index is 798. The van der Waals surface area contributed by atoms with E-state index < -0.39 is 11.6 Å². The number of hydrogen-bond acceptors (Lipinski definition) is 4. The smallest absolute Gasteiger partial charge is 0.260 e. The van der Waals surface area contributed by atoms with Gasteiger partial charge in [0.1, 0.15) is 17.4 Å². The molecule has 1 saturated heterocycles. The Morgan fingerprint density at radius 3 is 2.70 bits per heavy atom. The Hall–Kier alpha value is -2.67. The Balaban J connectivity index is 1.55. The molecule has 0 bridgehead atoms. The average Bonchev–Trinajstić information content (AvgIpc) is 3.18. The van der Waals surface area contributed by atoms with E-state index >= 15 is 0 Å². The zero-order valence-corrected chi connectivity index (χ0v) is 15.1. The number of hydrogen-bond donors (Lipinski definition) is 1. The van der Waals surface area contributed by atoms with Crippen molar-refractivity contribution in [2.75, 3.05) is 31.6 Å². The van der Waals surface area contributed by atoms with E-state index in [9.17, 15) is 13.6 Å². The Morgan fingerprint density at radius 2 is 2.00 bits per heavy atom. The van der Waals surface area contributed by atoms with Crippen molar-refractivity contribution in [3.05, 3.63) is 59.7 Å². The topological polar surface area (TPSA) is 53.0 Å². The third-order valence-corrected chi connectivity index (χ3v) is 4.82. The molecule has 0 spiro atoms. The molecule has 0 aromatic heterocycles. The molecule has 1 heterocycles. The van der Waals surface area contributed by atoms with Gasteiger partial charge in [0.25, 0.3) is 5.91 Å². The van der Waals surface area contributed by atoms with Crippen LogP contribution in [0.3, 0.4) is 0 Å². The molecule has 0 radical (unpaired) electrons. The van der Waals surface area contributed by atoms with Gasteiger partial charge in [-0.15, -0.1) is 0 Å². The summed E-state index contributed by atoms with van der Waals surface area (Å²) in [6.45, 7) is 0.826. The number of aliphatic hydroxyl groups excluding tert-OH is 1. The largest absolute Gasteiger partial charge is 0.484 e. The first-order valence-corrected chi connectivity index (χ1v) is 8.76. The van der Waals surface area contributed by atoms with Crippen molar-refractivity contribution in [3.63, 3.8) is 0 Å². The van der Waals surface area contributed by atoms with Crippen LogP contribution < -0.4 is 9.64 Å². The minimum Gasteiger partial charge on any atom is -0.484 e. The fourth-order valence-corrected chi connectivity index (χ4v) is 3.16. The van der Waals surface area contributed by atoms with Gasteiger partial charge in [-0.05, 0) is 36.2 Å². The van der Waals surface area contributed by atoms with Gasteiger partial charge in [-0.25, -0.2) is 8.78 Å². The molecule has 7 heteroatoms. The van der Waals surface area contributed by atoms with E-state index in [-0.39, 0.29) is 30.9 Å². The second kappa shape index (κ2) is 8.35. The van der Waals surface area contributed by atoms with Crippen molar-refractivity contribution in [2.24, 2.45) is 0 Å². The summed E-state index contributed by atoms with van der Waals surface area (Å²) in [4.78, 5) is 15.7. The fraction of sp³-hybridized carbons (Fsp3) is 0.350. The summed E-state index contributed by atoms with van der Waals surface area (Å²) < 4.78 is 32.9. The van der Waals surface area contributed by atoms with Crippen molar-refractivity contribution >= 4 is 11.6 Å². The number of nitrogens with zero attached hydrogens (tertiary/aromatic N) is 2. The van der Waals surface area contributed by atoms with Gasteiger partial charge in [-0.1, -0.05) is 12.1 Å². The second-order valence-corrected chi connectivity index (χ2v) is 6.58. The van der Waals surface area contributed by atoms with Crippen molar-refractivity contribution in [1.82, 2.24) is 4.90 Å². The Morgan fingerprint density at radius 1 is 1.26 bits per heavy atom. The third kappa shape index (κ3) is 4.54. The lowest BCUT2D eigenvalue weighted by Crippen LogP contribution is -2.38. The lowest BCUT2D eigenvalue weighted by atomic mass is 10.2. The van der Waals surface area contributed by atoms with Crippen molar-refractivity contribution in [3.8, 4) is 5.75 Å². The van der Waals surface area contributed by atoms with Gasteiger partial charge in [-0.2, -0.15) is 0 Å². The molecule has 0 saturated carbocycles. The number of amides is 1. The van der Waals surface area contributed by atoms with Gasteiger partial charge in [-0.3, -0.25) is 4.79 Å². The van der Waals surface area contributed by atoms with E-state index in [1.807, 2.05) is 0 Å². The number of aliphatic hydroxyl groups is 1. The van der Waals surface area contributed by atoms with E-state index in [4.69, 9.17) is 9.84 Å². The zero-order chi connectivity index (χ0) is 19.4. The highest BCUT2D eigenvalue weighted by molar-refractivity contribution is 5.78. The number of ether oxygens (including phenoxy) is 1. The maximum absolute atomic E-state index is 14.0. The van der Waals surface area contributed by atoms with Crippen LogP contribution in [0.4, 0.5) is 14.5 Å². The number of likely N-dealkylation sites (N-methyl/N-ethyl adjacent to an activating group) is 1. The van der Waals surface area contributed by atoms with Crippen LogP contribution in [-0.4, -0.2) is 48.7 Å². The van der Waals surface area contributed by atoms with Crippen LogP contribution in [0.2, 0.25) is 0 Å². The number of anilines is 1. The fourth-order valence-electron chi connectivity index (χ4n) is 3.16. The summed E-state index contributed by atoms with van der Waals surface area (Å²) in [5.41, 5.74) is 0.957. The van der Waals surface area contributed by atoms with Gasteiger partial charge in [0.15, 0.2) is 6.61 Å². The molecule has 0 aliphatic carbocycles. The van der Waals surface area contributed by atoms with E-state index in [2.05, 4.69) is 0 Å². The van der Waals surface area contributed by atoms with E-state index in [0.29, 0.717) is 25.3 Å². The highest BCUT2D eigenvalue weighted by Gasteiger charge is 2.30. The number of benzene rings is 2. The van der Waals surface area contributed by atoms with Crippen molar-refractivity contribution in [2.45, 2.75) is 19.1 Å². The summed E-state index contributed by atoms with van der Waals surface area (Å²) in [6, 6.07) is 10.1. The number of halogens is 2. The van der Waals surface area contributed by atoms with Crippen LogP contribution in [0.5, 0.6) is 5.75 Å². The first-order valence-electron chi connectivity index (χ1n) is 8.76. The maximum Gasteiger partial charge on any atom is 0.260 e. The number of likely N-dealkylation sites (tertiary alicyclic amines) is 1. The van der Waals surface area contributed by atoms with Crippen molar-refractivity contribution in [1.29, 1.82) is 0 Å². The van der Waals surface area contributed by atoms with Crippen LogP contribution >= 0.6 is 0 Å². The molecule has 144 valence electrons. The second-order valence-electron chi connectivity index (χ2n) is 6.58. The van der Waals surface area contributed by atoms with E-state index in [1.54, 1.807) is 41.1 Å². The quantitative estimate of drug-likeness (QED) is 0.842. The minimum atomic E-state index is -0.496. The summed E-state index contributed by atoms with van der Waals surface area (Å²) in [5, 5.41) is 9.02. The third-order valence-electron chi connectivity index (χ3n) is 4.82. The van der Waals surface area contributed by atoms with Crippen LogP contribution in [-0.2, 0) is 11.4 Å². The Kier molecular flexibility index (Phi) is 5.91. The first kappa shape index (κ1) is 19.1. The van der Waals surface area contributed by atoms with Crippen LogP contribution in [0.1, 0.15) is 12.0 Å². The molecule has 1 N–H and O–H groups in total. The molecule has 1 atom stereocenters. The standard InChI is InChI=1S/C20H22F2N2O3/c1-23(19-10-15(21)4-7-18(19)22)16-8-9-24(11-16)20(26)13-27-17-5-2-14(12-25)3-6-17/h2-7,10,16,25H,8-9,11-13H2,1H3. The average molecular weight is 376 g/mol. The molecular weight excluding hydrogens is 354 g/mol. The molecule has 1 aliphatic heterocycles. The molecule has 2 aromatic rings. The van der Waals surface area contributed by atoms with Gasteiger partial charge in [0.2, 0.25) is 0 Å². The molecule has 5 nitrogen and oxygen atoms in total. The zero-order valence-electron chi connectivity index (χ0n) is 15.1. The summed E-state index contributed by atoms with van der Waals surface area (Å²) in [7, 11) is 1.70. The van der Waals surface area contributed by atoms with E-state index in [1.165, 1.54) is 6.07 Å². The lowest BCUT2D eigenvalue weighted by molar-refractivity contribution is -0.132. The number of carbonyl (C=O) groups excluding carboxylic acids is 1. The SMILES string of the molecule is CN(c1cc(F)ccc1F)C1CCN(C(=O)COc2ccc(CO)cc2)C1. The summed E-state index contributed by atoms with van der Waals surface area (Å²) >= 11 is 0. The molecular formula is C20H22F2N2O3. The van der Waals surface area contributed by atoms with Gasteiger partial charge in [0, 0.05) is 32.2 Å². The normalized spacial score (nSPS) is 16.4. The first-order chi connectivity index (χ1) is 13.0. The van der Waals surface area contributed by atoms with Crippen LogP contribution in [0.25, 0.3) is 0 Å². The van der Waals surface area contributed by atoms with Crippen molar-refractivity contribution < 1.29 is 23.4 Å². The highest BCUT2D eigenvalue weighted by Crippen LogP contribution is 2.25. The molecule has 1 aliphatic rings. The van der Waals surface area contributed by atoms with Crippen LogP contribution in [0.15, 0.2) is 42.5 Å². The minimum absolute atomic E-state index is 0.0478. The molecule has 1 unspecified atom stereocenters. The molecule has 2 aromatic carbocycles. The monoisotopic (exact) mass is 376 g/mol. The predicted molar refractivity (Wildman–Crippen MR) is 97.6 cm³/mol. The summed E-state index contributed by atoms with van der Waals surface area (Å²) in [6.07, 6.45) is 0.670. The van der Waals surface area contributed by atoms with Gasteiger partial charge < -0.3 is 19.6 Å². The molecule has 1 amide bonds. The predicted octanol–water partition coefficient (Wildman–Crippen LogP) is 2.57. The molecule has 1 fully saturated rings. The summed E-state index contributed by atoms with van der Waals surface area (Å²) in [5.74, 6) is -0.588. The number of carbonyl (C=O) groups is 1. The maximum atomic E-state index is 14.0. The molecule has 3 rings (SSSR count). The Labute approximate surface area is 156 Å². The highest BCUT2D eigenvalue weighted by atomic mass is 19.1. The lowest BCUT2D eigenvalue weighted by Gasteiger charge is -2.27. The number of rotatable bonds is 6. The van der Waals surface area contributed by atoms with Gasteiger partial charge >= 0.3 is 0 Å². The van der Waals surface area contributed by atoms with Crippen LogP contribution in [0, 0.1) is 11.6 Å². The van der Waals surface area contributed by atoms with Gasteiger partial charge in [0.05, 0.1) is 12.3 Å². The molecule has 27 heavy (non-hydrogen) atoms. The van der Waals surface area contributed by atoms with E-state index in [0.717, 1.165) is 17.7 Å².